The largest absolute Gasteiger partial charge is 0.454 e. The third kappa shape index (κ3) is 3.65. The van der Waals surface area contributed by atoms with Crippen molar-refractivity contribution in [3.63, 3.8) is 0 Å². The number of likely N-dealkylation sites (N-methyl/N-ethyl adjacent to an activating group) is 1. The molecule has 154 valence electrons. The van der Waals surface area contributed by atoms with Crippen LogP contribution >= 0.6 is 0 Å². The molecule has 0 aromatic heterocycles. The van der Waals surface area contributed by atoms with E-state index >= 15 is 0 Å². The average Bonchev–Trinajstić information content (AvgIpc) is 3.16. The van der Waals surface area contributed by atoms with Gasteiger partial charge in [-0.25, -0.2) is 12.8 Å². The summed E-state index contributed by atoms with van der Waals surface area (Å²) in [6, 6.07) is 10.2. The fraction of sp³-hybridized carbons (Fsp3) is 0.286. The van der Waals surface area contributed by atoms with E-state index in [-0.39, 0.29) is 29.9 Å². The van der Waals surface area contributed by atoms with Crippen molar-refractivity contribution in [2.24, 2.45) is 5.92 Å². The van der Waals surface area contributed by atoms with Crippen LogP contribution in [0.4, 0.5) is 4.39 Å². The van der Waals surface area contributed by atoms with E-state index in [0.29, 0.717) is 17.9 Å². The number of nitrogens with zero attached hydrogens (tertiary/aromatic N) is 1. The van der Waals surface area contributed by atoms with E-state index in [0.717, 1.165) is 18.2 Å². The molecule has 2 atom stereocenters. The number of amides is 1. The third-order valence-corrected chi connectivity index (χ3v) is 6.42. The fourth-order valence-electron chi connectivity index (χ4n) is 3.85. The predicted octanol–water partition coefficient (Wildman–Crippen LogP) is 3.06. The van der Waals surface area contributed by atoms with E-state index in [1.165, 1.54) is 35.2 Å². The van der Waals surface area contributed by atoms with Crippen LogP contribution in [-0.2, 0) is 14.6 Å². The molecule has 1 N–H and O–H groups in total. The van der Waals surface area contributed by atoms with Gasteiger partial charge < -0.3 is 15.0 Å². The molecule has 8 heteroatoms. The van der Waals surface area contributed by atoms with Gasteiger partial charge in [0.1, 0.15) is 5.75 Å². The monoisotopic (exact) mass is 418 g/mol. The topological polar surface area (TPSA) is 75.7 Å². The Kier molecular flexibility index (Phi) is 4.92. The van der Waals surface area contributed by atoms with Gasteiger partial charge in [0.15, 0.2) is 21.4 Å². The molecule has 2 aromatic carbocycles. The molecule has 2 aliphatic heterocycles. The molecule has 4 rings (SSSR count). The second-order valence-corrected chi connectivity index (χ2v) is 9.34. The standard InChI is InChI=1S/C21H21FN2O4S.H2/c1-24-12-16(14-9-10-23-20(14)21(24)25)15-11-13(29(2,26)27)7-8-18(15)28-19-6-4-3-5-17(19)22;/h3-8,11-12,14,20,23H,9-10H2,1-2H3;1H. The minimum absolute atomic E-state index is 0. The van der Waals surface area contributed by atoms with Gasteiger partial charge in [0.25, 0.3) is 0 Å². The van der Waals surface area contributed by atoms with Gasteiger partial charge in [-0.15, -0.1) is 0 Å². The number of rotatable bonds is 4. The summed E-state index contributed by atoms with van der Waals surface area (Å²) >= 11 is 0. The van der Waals surface area contributed by atoms with Crippen molar-refractivity contribution < 1.29 is 23.8 Å². The number of sulfone groups is 1. The number of carbonyl (C=O) groups is 1. The number of ether oxygens (including phenoxy) is 1. The summed E-state index contributed by atoms with van der Waals surface area (Å²) in [4.78, 5) is 14.1. The highest BCUT2D eigenvalue weighted by Crippen LogP contribution is 2.42. The first kappa shape index (κ1) is 19.6. The number of para-hydroxylation sites is 1. The lowest BCUT2D eigenvalue weighted by atomic mass is 9.84. The number of nitrogens with one attached hydrogen (secondary N) is 1. The van der Waals surface area contributed by atoms with Crippen molar-refractivity contribution in [3.05, 3.63) is 60.0 Å². The Bertz CT molecular complexity index is 1120. The van der Waals surface area contributed by atoms with Gasteiger partial charge in [-0.05, 0) is 48.9 Å². The van der Waals surface area contributed by atoms with Gasteiger partial charge in [0, 0.05) is 32.4 Å². The Morgan fingerprint density at radius 3 is 2.69 bits per heavy atom. The Morgan fingerprint density at radius 1 is 1.21 bits per heavy atom. The molecule has 1 amide bonds. The molecular weight excluding hydrogens is 395 g/mol. The molecule has 6 nitrogen and oxygen atoms in total. The zero-order valence-electron chi connectivity index (χ0n) is 16.1. The Labute approximate surface area is 170 Å². The summed E-state index contributed by atoms with van der Waals surface area (Å²) in [5, 5.41) is 3.21. The molecule has 0 bridgehead atoms. The van der Waals surface area contributed by atoms with E-state index in [9.17, 15) is 17.6 Å². The molecule has 1 saturated heterocycles. The molecule has 0 radical (unpaired) electrons. The van der Waals surface area contributed by atoms with Gasteiger partial charge in [-0.2, -0.15) is 0 Å². The highest BCUT2D eigenvalue weighted by atomic mass is 32.2. The summed E-state index contributed by atoms with van der Waals surface area (Å²) < 4.78 is 44.3. The summed E-state index contributed by atoms with van der Waals surface area (Å²) in [5.74, 6) is -0.288. The predicted molar refractivity (Wildman–Crippen MR) is 109 cm³/mol. The number of hydrogen-bond acceptors (Lipinski definition) is 5. The number of benzene rings is 2. The second-order valence-electron chi connectivity index (χ2n) is 7.32. The lowest BCUT2D eigenvalue weighted by Crippen LogP contribution is -2.46. The lowest BCUT2D eigenvalue weighted by molar-refractivity contribution is -0.130. The normalized spacial score (nSPS) is 21.7. The smallest absolute Gasteiger partial charge is 0.244 e. The van der Waals surface area contributed by atoms with Crippen molar-refractivity contribution in [2.45, 2.75) is 17.4 Å². The first-order valence-electron chi connectivity index (χ1n) is 9.24. The highest BCUT2D eigenvalue weighted by Gasteiger charge is 2.41. The summed E-state index contributed by atoms with van der Waals surface area (Å²) in [6.07, 6.45) is 3.58. The summed E-state index contributed by atoms with van der Waals surface area (Å²) in [6.45, 7) is 0.682. The highest BCUT2D eigenvalue weighted by molar-refractivity contribution is 7.90. The SMILES string of the molecule is CN1C=C(c2cc(S(C)(=O)=O)ccc2Oc2ccccc2F)C2CCNC2C1=O.[HH]. The Balaban J connectivity index is 0.00000256. The molecule has 0 saturated carbocycles. The summed E-state index contributed by atoms with van der Waals surface area (Å²) in [5.41, 5.74) is 1.33. The molecule has 2 heterocycles. The minimum Gasteiger partial charge on any atom is -0.454 e. The molecule has 2 unspecified atom stereocenters. The number of fused-ring (bicyclic) bond motifs is 1. The molecule has 2 aliphatic rings. The van der Waals surface area contributed by atoms with Crippen LogP contribution in [-0.4, -0.2) is 45.1 Å². The zero-order chi connectivity index (χ0) is 20.8. The van der Waals surface area contributed by atoms with Crippen molar-refractivity contribution in [1.29, 1.82) is 0 Å². The Hall–Kier alpha value is -2.71. The third-order valence-electron chi connectivity index (χ3n) is 5.31. The molecule has 29 heavy (non-hydrogen) atoms. The molecule has 2 aromatic rings. The van der Waals surface area contributed by atoms with Gasteiger partial charge in [0.2, 0.25) is 5.91 Å². The van der Waals surface area contributed by atoms with E-state index in [1.807, 2.05) is 0 Å². The maximum absolute atomic E-state index is 14.1. The number of halogens is 1. The van der Waals surface area contributed by atoms with Gasteiger partial charge in [-0.3, -0.25) is 4.79 Å². The van der Waals surface area contributed by atoms with E-state index < -0.39 is 15.7 Å². The maximum atomic E-state index is 14.1. The first-order chi connectivity index (χ1) is 13.8. The van der Waals surface area contributed by atoms with Crippen LogP contribution in [0.3, 0.4) is 0 Å². The van der Waals surface area contributed by atoms with Crippen LogP contribution in [0.1, 0.15) is 13.4 Å². The van der Waals surface area contributed by atoms with Gasteiger partial charge >= 0.3 is 0 Å². The van der Waals surface area contributed by atoms with Crippen molar-refractivity contribution >= 4 is 21.3 Å². The van der Waals surface area contributed by atoms with Crippen LogP contribution < -0.4 is 10.1 Å². The lowest BCUT2D eigenvalue weighted by Gasteiger charge is -2.32. The van der Waals surface area contributed by atoms with Crippen LogP contribution in [0.25, 0.3) is 5.57 Å². The van der Waals surface area contributed by atoms with Crippen molar-refractivity contribution in [2.75, 3.05) is 19.8 Å². The maximum Gasteiger partial charge on any atom is 0.244 e. The van der Waals surface area contributed by atoms with Gasteiger partial charge in [-0.1, -0.05) is 12.1 Å². The van der Waals surface area contributed by atoms with Crippen LogP contribution in [0.5, 0.6) is 11.5 Å². The molecule has 0 spiro atoms. The van der Waals surface area contributed by atoms with E-state index in [4.69, 9.17) is 4.74 Å². The number of hydrogen-bond donors (Lipinski definition) is 1. The second kappa shape index (κ2) is 7.27. The Morgan fingerprint density at radius 2 is 1.97 bits per heavy atom. The van der Waals surface area contributed by atoms with Crippen molar-refractivity contribution in [3.8, 4) is 11.5 Å². The van der Waals surface area contributed by atoms with E-state index in [2.05, 4.69) is 5.32 Å². The van der Waals surface area contributed by atoms with Crippen LogP contribution in [0, 0.1) is 11.7 Å². The van der Waals surface area contributed by atoms with Crippen molar-refractivity contribution in [1.82, 2.24) is 10.2 Å². The number of carbonyl (C=O) groups excluding carboxylic acids is 1. The molecule has 0 aliphatic carbocycles. The zero-order valence-corrected chi connectivity index (χ0v) is 16.9. The van der Waals surface area contributed by atoms with E-state index in [1.54, 1.807) is 25.4 Å². The quantitative estimate of drug-likeness (QED) is 0.826. The van der Waals surface area contributed by atoms with Crippen LogP contribution in [0.2, 0.25) is 0 Å². The fourth-order valence-corrected chi connectivity index (χ4v) is 4.50. The molecular formula is C21H23FN2O4S. The van der Waals surface area contributed by atoms with Gasteiger partial charge in [0.05, 0.1) is 10.9 Å². The summed E-state index contributed by atoms with van der Waals surface area (Å²) in [7, 11) is -1.80. The minimum atomic E-state index is -3.46. The molecule has 1 fully saturated rings. The van der Waals surface area contributed by atoms with Crippen LogP contribution in [0.15, 0.2) is 53.6 Å². The first-order valence-corrected chi connectivity index (χ1v) is 11.1. The average molecular weight is 418 g/mol.